The van der Waals surface area contributed by atoms with Gasteiger partial charge >= 0.3 is 11.9 Å². The zero-order chi connectivity index (χ0) is 50.2. The minimum absolute atomic E-state index is 0.0827. The topological polar surface area (TPSA) is 213 Å². The van der Waals surface area contributed by atoms with E-state index in [1.807, 2.05) is 78.8 Å². The predicted molar refractivity (Wildman–Crippen MR) is 256 cm³/mol. The number of hydrogen-bond acceptors (Lipinski definition) is 11. The van der Waals surface area contributed by atoms with Gasteiger partial charge in [0.15, 0.2) is 6.10 Å². The first-order valence-electron chi connectivity index (χ1n) is 23.6. The Bertz CT molecular complexity index is 2030. The number of carboxylic acids is 1. The Kier molecular flexibility index (Phi) is 21.8. The number of carbonyl (C=O) groups is 8. The molecule has 0 radical (unpaired) electrons. The van der Waals surface area contributed by atoms with Gasteiger partial charge in [0.1, 0.15) is 22.8 Å². The molecular formula is C50H74N6O10S. The van der Waals surface area contributed by atoms with Gasteiger partial charge in [-0.15, -0.1) is 11.3 Å². The Balaban J connectivity index is 1.83. The van der Waals surface area contributed by atoms with E-state index < -0.39 is 59.4 Å². The molecule has 6 atom stereocenters. The van der Waals surface area contributed by atoms with E-state index in [0.29, 0.717) is 50.1 Å². The van der Waals surface area contributed by atoms with E-state index in [9.17, 15) is 43.5 Å². The second-order valence-corrected chi connectivity index (χ2v) is 19.9. The zero-order valence-corrected chi connectivity index (χ0v) is 42.2. The van der Waals surface area contributed by atoms with Crippen LogP contribution in [0.5, 0.6) is 0 Å². The average molecular weight is 951 g/mol. The number of aliphatic carboxylic acids is 1. The molecule has 16 nitrogen and oxygen atoms in total. The molecular weight excluding hydrogens is 877 g/mol. The number of rotatable bonds is 28. The zero-order valence-electron chi connectivity index (χ0n) is 41.3. The van der Waals surface area contributed by atoms with Crippen LogP contribution >= 0.6 is 11.3 Å². The van der Waals surface area contributed by atoms with Crippen molar-refractivity contribution in [3.63, 3.8) is 0 Å². The number of imide groups is 1. The summed E-state index contributed by atoms with van der Waals surface area (Å²) >= 11 is 1.15. The highest BCUT2D eigenvalue weighted by atomic mass is 32.1. The molecule has 0 saturated heterocycles. The van der Waals surface area contributed by atoms with E-state index in [1.54, 1.807) is 31.2 Å². The predicted octanol–water partition coefficient (Wildman–Crippen LogP) is 6.74. The normalized spacial score (nSPS) is 15.4. The van der Waals surface area contributed by atoms with Crippen molar-refractivity contribution >= 4 is 58.7 Å². The van der Waals surface area contributed by atoms with Crippen LogP contribution in [0.15, 0.2) is 47.9 Å². The maximum atomic E-state index is 14.9. The summed E-state index contributed by atoms with van der Waals surface area (Å²) in [6.45, 7) is 18.5. The molecule has 3 rings (SSSR count). The van der Waals surface area contributed by atoms with Gasteiger partial charge in [-0.3, -0.25) is 43.3 Å². The van der Waals surface area contributed by atoms with E-state index in [4.69, 9.17) is 4.74 Å². The van der Waals surface area contributed by atoms with Crippen LogP contribution in [0, 0.1) is 23.2 Å². The fraction of sp³-hybridized carbons (Fsp3) is 0.620. The van der Waals surface area contributed by atoms with E-state index in [-0.39, 0.29) is 72.9 Å². The highest BCUT2D eigenvalue weighted by molar-refractivity contribution is 7.09. The fourth-order valence-corrected chi connectivity index (χ4v) is 9.21. The number of likely N-dealkylation sites (N-methyl/N-ethyl adjacent to an activating group) is 1. The number of nitrogens with zero attached hydrogens (tertiary/aromatic N) is 4. The second kappa shape index (κ2) is 26.2. The molecule has 2 aromatic rings. The number of aromatic nitrogens is 1. The molecule has 1 aliphatic heterocycles. The lowest BCUT2D eigenvalue weighted by Crippen LogP contribution is -2.59. The molecule has 67 heavy (non-hydrogen) atoms. The summed E-state index contributed by atoms with van der Waals surface area (Å²) in [4.78, 5) is 114. The third-order valence-corrected chi connectivity index (χ3v) is 13.3. The van der Waals surface area contributed by atoms with E-state index in [2.05, 4.69) is 15.6 Å². The van der Waals surface area contributed by atoms with Crippen molar-refractivity contribution in [3.8, 4) is 0 Å². The summed E-state index contributed by atoms with van der Waals surface area (Å²) in [5.41, 5.74) is -0.115. The summed E-state index contributed by atoms with van der Waals surface area (Å²) < 4.78 is 5.88. The first-order chi connectivity index (χ1) is 31.5. The summed E-state index contributed by atoms with van der Waals surface area (Å²) in [7, 11) is 1.59. The lowest BCUT2D eigenvalue weighted by Gasteiger charge is -2.40. The molecule has 0 spiro atoms. The first kappa shape index (κ1) is 55.9. The molecule has 0 bridgehead atoms. The molecule has 0 saturated carbocycles. The van der Waals surface area contributed by atoms with E-state index in [0.717, 1.165) is 16.9 Å². The van der Waals surface area contributed by atoms with Gasteiger partial charge in [0.2, 0.25) is 17.7 Å². The first-order valence-corrected chi connectivity index (χ1v) is 24.5. The van der Waals surface area contributed by atoms with Gasteiger partial charge in [-0.25, -0.2) is 4.98 Å². The number of esters is 1. The minimum atomic E-state index is -1.13. The minimum Gasteiger partial charge on any atom is -0.481 e. The van der Waals surface area contributed by atoms with Gasteiger partial charge in [-0.2, -0.15) is 0 Å². The highest BCUT2D eigenvalue weighted by Gasteiger charge is 2.40. The third-order valence-electron chi connectivity index (χ3n) is 12.4. The molecule has 17 heteroatoms. The van der Waals surface area contributed by atoms with Crippen molar-refractivity contribution in [2.75, 3.05) is 20.1 Å². The molecule has 3 N–H and O–H groups in total. The van der Waals surface area contributed by atoms with Gasteiger partial charge in [0, 0.05) is 69.5 Å². The van der Waals surface area contributed by atoms with Crippen molar-refractivity contribution in [2.45, 2.75) is 157 Å². The molecule has 1 aromatic heterocycles. The fourth-order valence-electron chi connectivity index (χ4n) is 8.37. The number of ether oxygens (including phenoxy) is 1. The van der Waals surface area contributed by atoms with Gasteiger partial charge < -0.3 is 30.3 Å². The van der Waals surface area contributed by atoms with Crippen molar-refractivity contribution in [1.29, 1.82) is 0 Å². The summed E-state index contributed by atoms with van der Waals surface area (Å²) in [6.07, 6.45) is 5.22. The number of amides is 6. The van der Waals surface area contributed by atoms with Gasteiger partial charge in [0.05, 0.1) is 5.41 Å². The van der Waals surface area contributed by atoms with Gasteiger partial charge in [-0.1, -0.05) is 91.6 Å². The van der Waals surface area contributed by atoms with Gasteiger partial charge in [-0.05, 0) is 69.3 Å². The van der Waals surface area contributed by atoms with Crippen molar-refractivity contribution in [3.05, 3.63) is 64.1 Å². The molecule has 370 valence electrons. The standard InChI is InChI=1S/C50H74N6O10S/c1-12-25-55(48(63)43(33(7)13-2)53-46(62)44(32(5)6)54(11)40(58)22-18-15-19-26-56-41(59)23-24-42(56)60)38(31(3)4)28-39(66-34(8)57)47-52-37(30-67-47)45(61)51-36(29-50(9,10)49(64)65)27-35-20-16-14-17-21-35/h14,16-17,20-21,23-24,30-33,36,38-39,43-44H,12-13,15,18-19,22,25-29H2,1-11H3,(H,51,61)(H,53,62)(H,64,65)/t33-,36-,38+,39+,43-,44+/m0/s1. The number of hydrogen-bond donors (Lipinski definition) is 3. The van der Waals surface area contributed by atoms with E-state index in [1.165, 1.54) is 28.9 Å². The van der Waals surface area contributed by atoms with Crippen LogP contribution in [-0.2, 0) is 44.7 Å². The SMILES string of the molecule is CCCN(C(=O)[C@@H](NC(=O)[C@@H](C(C)C)N(C)C(=O)CCCCCN1C(=O)C=CC1=O)[C@@H](C)CC)[C@H](C[C@@H](OC(C)=O)c1nc(C(=O)N[C@@H](Cc2ccccc2)CC(C)(C)C(=O)O)cs1)C(C)C. The molecule has 0 unspecified atom stereocenters. The lowest BCUT2D eigenvalue weighted by molar-refractivity contribution is -0.150. The number of benzene rings is 1. The Hall–Kier alpha value is -5.45. The molecule has 2 heterocycles. The van der Waals surface area contributed by atoms with Crippen LogP contribution in [-0.4, -0.2) is 116 Å². The molecule has 0 fully saturated rings. The monoisotopic (exact) mass is 951 g/mol. The van der Waals surface area contributed by atoms with Crippen LogP contribution in [0.25, 0.3) is 0 Å². The van der Waals surface area contributed by atoms with Crippen LogP contribution in [0.3, 0.4) is 0 Å². The van der Waals surface area contributed by atoms with Gasteiger partial charge in [0.25, 0.3) is 17.7 Å². The maximum absolute atomic E-state index is 14.9. The Morgan fingerprint density at radius 2 is 1.55 bits per heavy atom. The number of thiazole rings is 1. The Labute approximate surface area is 400 Å². The second-order valence-electron chi connectivity index (χ2n) is 19.0. The van der Waals surface area contributed by atoms with Crippen molar-refractivity contribution < 1.29 is 48.2 Å². The summed E-state index contributed by atoms with van der Waals surface area (Å²) in [6, 6.07) is 6.61. The lowest BCUT2D eigenvalue weighted by atomic mass is 9.84. The summed E-state index contributed by atoms with van der Waals surface area (Å²) in [5.74, 6) is -4.49. The number of nitrogens with one attached hydrogen (secondary N) is 2. The third kappa shape index (κ3) is 16.4. The van der Waals surface area contributed by atoms with Crippen LogP contribution in [0.1, 0.15) is 148 Å². The Morgan fingerprint density at radius 3 is 2.10 bits per heavy atom. The maximum Gasteiger partial charge on any atom is 0.309 e. The molecule has 6 amide bonds. The molecule has 1 aliphatic rings. The quantitative estimate of drug-likeness (QED) is 0.0462. The van der Waals surface area contributed by atoms with E-state index >= 15 is 0 Å². The summed E-state index contributed by atoms with van der Waals surface area (Å²) in [5, 5.41) is 17.9. The smallest absolute Gasteiger partial charge is 0.309 e. The van der Waals surface area contributed by atoms with Crippen LogP contribution < -0.4 is 10.6 Å². The number of unbranched alkanes of at least 4 members (excludes halogenated alkanes) is 2. The number of carbonyl (C=O) groups excluding carboxylic acids is 7. The average Bonchev–Trinajstić information content (AvgIpc) is 3.88. The van der Waals surface area contributed by atoms with Crippen molar-refractivity contribution in [2.24, 2.45) is 23.2 Å². The highest BCUT2D eigenvalue weighted by Crippen LogP contribution is 2.32. The molecule has 1 aromatic carbocycles. The largest absolute Gasteiger partial charge is 0.481 e. The van der Waals surface area contributed by atoms with Crippen molar-refractivity contribution in [1.82, 2.24) is 30.3 Å². The molecule has 0 aliphatic carbocycles. The van der Waals surface area contributed by atoms with Crippen LogP contribution in [0.4, 0.5) is 0 Å². The van der Waals surface area contributed by atoms with Crippen LogP contribution in [0.2, 0.25) is 0 Å². The Morgan fingerprint density at radius 1 is 0.910 bits per heavy atom. The number of carboxylic acid groups (broad SMARTS) is 1.